The minimum absolute atomic E-state index is 0.0771. The third-order valence-corrected chi connectivity index (χ3v) is 5.49. The number of carbonyl (C=O) groups is 3. The van der Waals surface area contributed by atoms with Gasteiger partial charge in [-0.15, -0.1) is 0 Å². The number of halogens is 3. The fourth-order valence-corrected chi connectivity index (χ4v) is 3.72. The Morgan fingerprint density at radius 3 is 2.24 bits per heavy atom. The van der Waals surface area contributed by atoms with Gasteiger partial charge in [0.05, 0.1) is 13.0 Å². The second-order valence-corrected chi connectivity index (χ2v) is 8.31. The van der Waals surface area contributed by atoms with E-state index >= 15 is 0 Å². The summed E-state index contributed by atoms with van der Waals surface area (Å²) < 4.78 is 59.8. The number of ether oxygens (including phenoxy) is 1. The lowest BCUT2D eigenvalue weighted by Crippen LogP contribution is -2.48. The van der Waals surface area contributed by atoms with Crippen LogP contribution >= 0.6 is 0 Å². The Morgan fingerprint density at radius 2 is 1.66 bits per heavy atom. The average Bonchev–Trinajstić information content (AvgIpc) is 2.88. The summed E-state index contributed by atoms with van der Waals surface area (Å²) in [6, 6.07) is 10.9. The van der Waals surface area contributed by atoms with Crippen LogP contribution in [0.5, 0.6) is 5.88 Å². The minimum Gasteiger partial charge on any atom is -0.481 e. The van der Waals surface area contributed by atoms with Gasteiger partial charge in [0.15, 0.2) is 5.78 Å². The minimum atomic E-state index is -4.78. The van der Waals surface area contributed by atoms with Gasteiger partial charge in [-0.3, -0.25) is 19.3 Å². The topological polar surface area (TPSA) is 147 Å². The van der Waals surface area contributed by atoms with Crippen molar-refractivity contribution in [2.24, 2.45) is 5.92 Å². The molecule has 1 N–H and O–H groups in total. The Kier molecular flexibility index (Phi) is 11.9. The van der Waals surface area contributed by atoms with Crippen LogP contribution < -0.4 is 9.64 Å². The number of piperazine rings is 1. The van der Waals surface area contributed by atoms with Crippen molar-refractivity contribution >= 4 is 34.8 Å². The summed E-state index contributed by atoms with van der Waals surface area (Å²) in [6.45, 7) is 2.08. The van der Waals surface area contributed by atoms with Crippen LogP contribution in [-0.4, -0.2) is 85.3 Å². The molecule has 1 atom stereocenters. The monoisotopic (exact) mass is 558 g/mol. The van der Waals surface area contributed by atoms with Crippen molar-refractivity contribution < 1.29 is 45.8 Å². The lowest BCUT2D eigenvalue weighted by molar-refractivity contribution is -0.145. The first-order valence-corrected chi connectivity index (χ1v) is 11.9. The third-order valence-electron chi connectivity index (χ3n) is 5.49. The first-order chi connectivity index (χ1) is 18.0. The number of aliphatic carboxylic acids is 1. The molecule has 0 amide bonds. The molecule has 38 heavy (non-hydrogen) atoms. The predicted molar refractivity (Wildman–Crippen MR) is 127 cm³/mol. The van der Waals surface area contributed by atoms with Crippen molar-refractivity contribution in [2.75, 3.05) is 44.2 Å². The van der Waals surface area contributed by atoms with Gasteiger partial charge in [0.2, 0.25) is 11.7 Å². The molecule has 1 fully saturated rings. The number of para-hydroxylation sites is 1. The number of anilines is 1. The van der Waals surface area contributed by atoms with Gasteiger partial charge in [0.25, 0.3) is 0 Å². The highest BCUT2D eigenvalue weighted by Gasteiger charge is 2.35. The predicted octanol–water partition coefficient (Wildman–Crippen LogP) is 1.65. The lowest BCUT2D eigenvalue weighted by atomic mass is 9.94. The quantitative estimate of drug-likeness (QED) is 0.429. The highest BCUT2D eigenvalue weighted by atomic mass is 32.1. The number of alkyl halides is 3. The Morgan fingerprint density at radius 1 is 1.03 bits per heavy atom. The van der Waals surface area contributed by atoms with Crippen LogP contribution in [0.25, 0.3) is 0 Å². The summed E-state index contributed by atoms with van der Waals surface area (Å²) in [5, 5.41) is 9.15. The van der Waals surface area contributed by atoms with E-state index in [1.807, 2.05) is 35.2 Å². The fraction of sp³-hybridized carbons (Fsp3) is 0.435. The maximum absolute atomic E-state index is 12.7. The molecule has 206 valence electrons. The van der Waals surface area contributed by atoms with E-state index in [4.69, 9.17) is 18.3 Å². The number of carbonyl (C=O) groups excluding carboxylic acids is 2. The molecule has 15 heteroatoms. The average molecular weight is 559 g/mol. The number of carboxylic acid groups (broad SMARTS) is 1. The fourth-order valence-electron chi connectivity index (χ4n) is 3.72. The van der Waals surface area contributed by atoms with E-state index in [0.29, 0.717) is 13.1 Å². The number of aromatic nitrogens is 2. The van der Waals surface area contributed by atoms with Gasteiger partial charge in [-0.05, 0) is 12.1 Å². The molecule has 1 aliphatic heterocycles. The Bertz CT molecular complexity index is 1120. The second kappa shape index (κ2) is 14.9. The summed E-state index contributed by atoms with van der Waals surface area (Å²) >= 11 is -0.750. The first-order valence-electron chi connectivity index (χ1n) is 11.3. The molecule has 3 rings (SSSR count). The smallest absolute Gasteiger partial charge is 0.451 e. The lowest BCUT2D eigenvalue weighted by Gasteiger charge is -2.35. The van der Waals surface area contributed by atoms with Gasteiger partial charge in [0, 0.05) is 56.5 Å². The van der Waals surface area contributed by atoms with Crippen molar-refractivity contribution in [1.29, 1.82) is 0 Å². The molecule has 0 unspecified atom stereocenters. The molecule has 1 aromatic heterocycles. The zero-order valence-corrected chi connectivity index (χ0v) is 20.8. The van der Waals surface area contributed by atoms with Crippen LogP contribution in [0.4, 0.5) is 18.9 Å². The summed E-state index contributed by atoms with van der Waals surface area (Å²) in [5.41, 5.74) is 1.09. The number of carboxylic acids is 1. The van der Waals surface area contributed by atoms with Gasteiger partial charge in [-0.2, -0.15) is 26.6 Å². The Hall–Kier alpha value is -3.72. The number of hydrogen-bond acceptors (Lipinski definition) is 10. The number of benzene rings is 1. The van der Waals surface area contributed by atoms with Gasteiger partial charge < -0.3 is 14.7 Å². The second-order valence-electron chi connectivity index (χ2n) is 8.18. The maximum Gasteiger partial charge on any atom is 0.451 e. The molecule has 2 aromatic rings. The van der Waals surface area contributed by atoms with Gasteiger partial charge in [0.1, 0.15) is 12.4 Å². The molecular formula is C23H25F3N4O7S. The van der Waals surface area contributed by atoms with Crippen LogP contribution in [-0.2, 0) is 32.1 Å². The van der Waals surface area contributed by atoms with E-state index in [-0.39, 0.29) is 18.7 Å². The molecule has 11 nitrogen and oxygen atoms in total. The molecule has 1 aromatic carbocycles. The Labute approximate surface area is 219 Å². The van der Waals surface area contributed by atoms with Gasteiger partial charge in [-0.1, -0.05) is 18.2 Å². The van der Waals surface area contributed by atoms with E-state index in [1.165, 1.54) is 0 Å². The molecule has 0 spiro atoms. The van der Waals surface area contributed by atoms with Crippen molar-refractivity contribution in [3.63, 3.8) is 0 Å². The summed E-state index contributed by atoms with van der Waals surface area (Å²) in [6.07, 6.45) is -4.84. The molecule has 0 radical (unpaired) electrons. The van der Waals surface area contributed by atoms with Crippen LogP contribution in [0, 0.1) is 5.92 Å². The van der Waals surface area contributed by atoms with E-state index in [9.17, 15) is 27.6 Å². The van der Waals surface area contributed by atoms with Crippen molar-refractivity contribution in [1.82, 2.24) is 14.9 Å². The largest absolute Gasteiger partial charge is 0.481 e. The van der Waals surface area contributed by atoms with E-state index in [2.05, 4.69) is 14.9 Å². The first kappa shape index (κ1) is 30.5. The molecular weight excluding hydrogens is 533 g/mol. The van der Waals surface area contributed by atoms with Crippen LogP contribution in [0.2, 0.25) is 0 Å². The van der Waals surface area contributed by atoms with E-state index in [0.717, 1.165) is 31.0 Å². The Balaban J connectivity index is 0.00000161. The summed E-state index contributed by atoms with van der Waals surface area (Å²) in [4.78, 5) is 46.8. The van der Waals surface area contributed by atoms with Crippen molar-refractivity contribution in [2.45, 2.75) is 19.0 Å². The normalized spacial score (nSPS) is 14.6. The van der Waals surface area contributed by atoms with Crippen LogP contribution in [0.1, 0.15) is 18.7 Å². The summed E-state index contributed by atoms with van der Waals surface area (Å²) in [5.74, 6) is -5.33. The SMILES string of the molecule is O=C(O)C[C@H](CC(=O)CN1CCN(c2ccccc2)CC1)C(=O)COc1ccnc(C(F)(F)F)n1.O=S=O. The standard InChI is InChI=1S/C23H25F3N4O5.O2S/c24-23(25,26)22-27-7-6-20(28-22)35-15-19(32)16(13-21(33)34)12-18(31)14-29-8-10-30(11-9-29)17-4-2-1-3-5-17;1-3-2/h1-7,16H,8-15H2,(H,33,34);/t16-;/m0./s1. The van der Waals surface area contributed by atoms with E-state index < -0.39 is 60.1 Å². The molecule has 0 aliphatic carbocycles. The number of nitrogens with zero attached hydrogens (tertiary/aromatic N) is 4. The molecule has 2 heterocycles. The highest BCUT2D eigenvalue weighted by Crippen LogP contribution is 2.26. The molecule has 0 saturated carbocycles. The highest BCUT2D eigenvalue weighted by molar-refractivity contribution is 7.51. The number of rotatable bonds is 11. The van der Waals surface area contributed by atoms with Crippen LogP contribution in [0.3, 0.4) is 0 Å². The zero-order chi connectivity index (χ0) is 28.1. The van der Waals surface area contributed by atoms with Gasteiger partial charge in [-0.25, -0.2) is 4.98 Å². The van der Waals surface area contributed by atoms with E-state index in [1.54, 1.807) is 0 Å². The van der Waals surface area contributed by atoms with Crippen molar-refractivity contribution in [3.05, 3.63) is 48.4 Å². The zero-order valence-electron chi connectivity index (χ0n) is 20.0. The number of Topliss-reactive ketones (excluding diaryl/α,β-unsaturated/α-hetero) is 2. The molecule has 0 bridgehead atoms. The van der Waals surface area contributed by atoms with Crippen LogP contribution in [0.15, 0.2) is 42.6 Å². The maximum atomic E-state index is 12.7. The van der Waals surface area contributed by atoms with Gasteiger partial charge >= 0.3 is 23.7 Å². The molecule has 1 saturated heterocycles. The number of ketones is 2. The third kappa shape index (κ3) is 10.3. The van der Waals surface area contributed by atoms with Crippen molar-refractivity contribution in [3.8, 4) is 5.88 Å². The summed E-state index contributed by atoms with van der Waals surface area (Å²) in [7, 11) is 0. The number of hydrogen-bond donors (Lipinski definition) is 1. The molecule has 1 aliphatic rings.